The van der Waals surface area contributed by atoms with Gasteiger partial charge in [0, 0.05) is 35.8 Å². The van der Waals surface area contributed by atoms with E-state index in [1.54, 1.807) is 38.4 Å². The average Bonchev–Trinajstić information content (AvgIpc) is 2.97. The van der Waals surface area contributed by atoms with Gasteiger partial charge in [0.05, 0.1) is 14.2 Å². The van der Waals surface area contributed by atoms with Crippen LogP contribution in [0.15, 0.2) is 35.7 Å². The predicted molar refractivity (Wildman–Crippen MR) is 75.8 cm³/mol. The van der Waals surface area contributed by atoms with Gasteiger partial charge in [-0.2, -0.15) is 0 Å². The summed E-state index contributed by atoms with van der Waals surface area (Å²) in [5.74, 6) is 2.22. The third-order valence-electron chi connectivity index (χ3n) is 2.71. The van der Waals surface area contributed by atoms with Crippen molar-refractivity contribution >= 4 is 11.8 Å². The summed E-state index contributed by atoms with van der Waals surface area (Å²) >= 11 is 1.58. The highest BCUT2D eigenvalue weighted by atomic mass is 32.2. The molecule has 3 N–H and O–H groups in total. The summed E-state index contributed by atoms with van der Waals surface area (Å²) < 4.78 is 10.5. The Morgan fingerprint density at radius 2 is 2.21 bits per heavy atom. The van der Waals surface area contributed by atoms with Crippen LogP contribution in [-0.2, 0) is 0 Å². The number of ether oxygens (including phenoxy) is 2. The topological polar surface area (TPSA) is 73.2 Å². The van der Waals surface area contributed by atoms with Crippen molar-refractivity contribution in [2.75, 3.05) is 20.0 Å². The molecule has 6 heteroatoms. The van der Waals surface area contributed by atoms with Gasteiger partial charge in [-0.3, -0.25) is 0 Å². The van der Waals surface area contributed by atoms with Gasteiger partial charge in [0.15, 0.2) is 5.16 Å². The van der Waals surface area contributed by atoms with E-state index in [0.717, 1.165) is 28.0 Å². The summed E-state index contributed by atoms with van der Waals surface area (Å²) in [6.07, 6.45) is 3.52. The van der Waals surface area contributed by atoms with Gasteiger partial charge in [-0.15, -0.1) is 0 Å². The summed E-state index contributed by atoms with van der Waals surface area (Å²) in [6, 6.07) is 5.53. The van der Waals surface area contributed by atoms with Crippen LogP contribution in [0.1, 0.15) is 11.6 Å². The molecular weight excluding hydrogens is 262 g/mol. The van der Waals surface area contributed by atoms with Crippen molar-refractivity contribution in [3.8, 4) is 11.5 Å². The first kappa shape index (κ1) is 13.8. The monoisotopic (exact) mass is 279 g/mol. The average molecular weight is 279 g/mol. The fraction of sp³-hybridized carbons (Fsp3) is 0.308. The fourth-order valence-corrected chi connectivity index (χ4v) is 2.52. The molecular formula is C13H17N3O2S. The summed E-state index contributed by atoms with van der Waals surface area (Å²) in [5.41, 5.74) is 7.16. The first-order valence-corrected chi connectivity index (χ1v) is 6.83. The Balaban J connectivity index is 2.07. The lowest BCUT2D eigenvalue weighted by Crippen LogP contribution is -2.14. The molecule has 0 radical (unpaired) electrons. The molecule has 0 amide bonds. The Kier molecular flexibility index (Phi) is 4.70. The lowest BCUT2D eigenvalue weighted by molar-refractivity contribution is 0.389. The molecule has 19 heavy (non-hydrogen) atoms. The van der Waals surface area contributed by atoms with Gasteiger partial charge in [0.1, 0.15) is 11.5 Å². The van der Waals surface area contributed by atoms with Crippen LogP contribution in [0.25, 0.3) is 0 Å². The van der Waals surface area contributed by atoms with Gasteiger partial charge < -0.3 is 20.2 Å². The molecule has 5 nitrogen and oxygen atoms in total. The second-order valence-corrected chi connectivity index (χ2v) is 4.93. The molecule has 0 spiro atoms. The quantitative estimate of drug-likeness (QED) is 0.793. The Morgan fingerprint density at radius 1 is 1.37 bits per heavy atom. The van der Waals surface area contributed by atoms with Crippen molar-refractivity contribution in [2.24, 2.45) is 5.73 Å². The van der Waals surface area contributed by atoms with E-state index < -0.39 is 0 Å². The van der Waals surface area contributed by atoms with Gasteiger partial charge in [0.25, 0.3) is 0 Å². The van der Waals surface area contributed by atoms with E-state index >= 15 is 0 Å². The minimum Gasteiger partial charge on any atom is -0.497 e. The Hall–Kier alpha value is -1.66. The summed E-state index contributed by atoms with van der Waals surface area (Å²) in [4.78, 5) is 7.19. The van der Waals surface area contributed by atoms with Crippen molar-refractivity contribution in [3.63, 3.8) is 0 Å². The van der Waals surface area contributed by atoms with Gasteiger partial charge in [-0.05, 0) is 6.07 Å². The van der Waals surface area contributed by atoms with Crippen LogP contribution in [0.3, 0.4) is 0 Å². The first-order valence-electron chi connectivity index (χ1n) is 5.84. The molecule has 0 saturated carbocycles. The van der Waals surface area contributed by atoms with Gasteiger partial charge in [0.2, 0.25) is 0 Å². The predicted octanol–water partition coefficient (Wildman–Crippen LogP) is 2.22. The molecule has 1 aromatic carbocycles. The molecule has 0 aliphatic carbocycles. The number of aromatic amines is 1. The zero-order valence-electron chi connectivity index (χ0n) is 10.9. The molecule has 2 aromatic rings. The van der Waals surface area contributed by atoms with E-state index in [9.17, 15) is 0 Å². The van der Waals surface area contributed by atoms with E-state index in [4.69, 9.17) is 15.2 Å². The van der Waals surface area contributed by atoms with Crippen molar-refractivity contribution in [2.45, 2.75) is 11.2 Å². The van der Waals surface area contributed by atoms with Gasteiger partial charge >= 0.3 is 0 Å². The molecule has 0 bridgehead atoms. The normalized spacial score (nSPS) is 12.2. The number of rotatable bonds is 6. The SMILES string of the molecule is COc1ccc(C(N)CSc2ncc[nH]2)c(OC)c1. The van der Waals surface area contributed by atoms with Crippen LogP contribution in [0, 0.1) is 0 Å². The van der Waals surface area contributed by atoms with E-state index in [1.165, 1.54) is 0 Å². The zero-order valence-corrected chi connectivity index (χ0v) is 11.7. The molecule has 102 valence electrons. The van der Waals surface area contributed by atoms with Crippen molar-refractivity contribution in [1.29, 1.82) is 0 Å². The highest BCUT2D eigenvalue weighted by Gasteiger charge is 2.13. The van der Waals surface area contributed by atoms with E-state index in [-0.39, 0.29) is 6.04 Å². The number of thioether (sulfide) groups is 1. The Bertz CT molecular complexity index is 517. The minimum absolute atomic E-state index is 0.129. The summed E-state index contributed by atoms with van der Waals surface area (Å²) in [7, 11) is 3.26. The Morgan fingerprint density at radius 3 is 2.84 bits per heavy atom. The van der Waals surface area contributed by atoms with Crippen molar-refractivity contribution in [3.05, 3.63) is 36.2 Å². The number of hydrogen-bond acceptors (Lipinski definition) is 5. The number of nitrogens with two attached hydrogens (primary N) is 1. The molecule has 1 atom stereocenters. The summed E-state index contributed by atoms with van der Waals surface area (Å²) in [5, 5.41) is 0.864. The second-order valence-electron chi connectivity index (χ2n) is 3.92. The van der Waals surface area contributed by atoms with E-state index in [2.05, 4.69) is 9.97 Å². The van der Waals surface area contributed by atoms with Gasteiger partial charge in [-0.1, -0.05) is 17.8 Å². The maximum absolute atomic E-state index is 6.20. The maximum atomic E-state index is 6.20. The van der Waals surface area contributed by atoms with Crippen LogP contribution in [-0.4, -0.2) is 29.9 Å². The second kappa shape index (κ2) is 6.49. The number of nitrogens with zero attached hydrogens (tertiary/aromatic N) is 1. The minimum atomic E-state index is -0.129. The molecule has 0 fully saturated rings. The van der Waals surface area contributed by atoms with Crippen molar-refractivity contribution in [1.82, 2.24) is 9.97 Å². The molecule has 0 saturated heterocycles. The summed E-state index contributed by atoms with van der Waals surface area (Å²) in [6.45, 7) is 0. The molecule has 1 unspecified atom stereocenters. The molecule has 0 aliphatic rings. The van der Waals surface area contributed by atoms with Crippen molar-refractivity contribution < 1.29 is 9.47 Å². The first-order chi connectivity index (χ1) is 9.24. The standard InChI is InChI=1S/C13H17N3O2S/c1-17-9-3-4-10(12(7-9)18-2)11(14)8-19-13-15-5-6-16-13/h3-7,11H,8,14H2,1-2H3,(H,15,16). The third-order valence-corrected chi connectivity index (χ3v) is 3.74. The molecule has 2 rings (SSSR count). The Labute approximate surface area is 116 Å². The molecule has 1 aromatic heterocycles. The molecule has 1 heterocycles. The van der Waals surface area contributed by atoms with E-state index in [1.807, 2.05) is 18.2 Å². The van der Waals surface area contributed by atoms with Crippen LogP contribution < -0.4 is 15.2 Å². The van der Waals surface area contributed by atoms with Crippen LogP contribution in [0.2, 0.25) is 0 Å². The highest BCUT2D eigenvalue weighted by Crippen LogP contribution is 2.30. The number of aromatic nitrogens is 2. The largest absolute Gasteiger partial charge is 0.497 e. The van der Waals surface area contributed by atoms with E-state index in [0.29, 0.717) is 0 Å². The highest BCUT2D eigenvalue weighted by molar-refractivity contribution is 7.99. The zero-order chi connectivity index (χ0) is 13.7. The third kappa shape index (κ3) is 3.42. The maximum Gasteiger partial charge on any atom is 0.165 e. The van der Waals surface area contributed by atoms with Crippen LogP contribution in [0.4, 0.5) is 0 Å². The number of H-pyrrole nitrogens is 1. The number of nitrogens with one attached hydrogen (secondary N) is 1. The lowest BCUT2D eigenvalue weighted by atomic mass is 10.1. The van der Waals surface area contributed by atoms with Crippen LogP contribution >= 0.6 is 11.8 Å². The smallest absolute Gasteiger partial charge is 0.165 e. The number of methoxy groups -OCH3 is 2. The number of hydrogen-bond donors (Lipinski definition) is 2. The lowest BCUT2D eigenvalue weighted by Gasteiger charge is -2.15. The molecule has 0 aliphatic heterocycles. The van der Waals surface area contributed by atoms with Gasteiger partial charge in [-0.25, -0.2) is 4.98 Å². The fourth-order valence-electron chi connectivity index (χ4n) is 1.71. The number of imidazole rings is 1. The van der Waals surface area contributed by atoms with Crippen LogP contribution in [0.5, 0.6) is 11.5 Å². The number of benzene rings is 1.